The molecule has 28 heavy (non-hydrogen) atoms. The number of nitrogens with zero attached hydrogens (tertiary/aromatic N) is 3. The SMILES string of the molecule is Cc1ccc2nc(CSc3nc4sc5c(c4c(=O)[nH]3)CCCC5)cc(=O)n2c1. The van der Waals surface area contributed by atoms with Crippen molar-refractivity contribution >= 4 is 39.0 Å². The third-order valence-corrected chi connectivity index (χ3v) is 7.11. The number of hydrogen-bond acceptors (Lipinski definition) is 6. The summed E-state index contributed by atoms with van der Waals surface area (Å²) in [6.45, 7) is 1.94. The van der Waals surface area contributed by atoms with Gasteiger partial charge in [-0.25, -0.2) is 9.97 Å². The fourth-order valence-corrected chi connectivity index (χ4v) is 5.76. The average Bonchev–Trinajstić information content (AvgIpc) is 3.06. The zero-order valence-corrected chi connectivity index (χ0v) is 17.0. The summed E-state index contributed by atoms with van der Waals surface area (Å²) in [7, 11) is 0. The second kappa shape index (κ2) is 6.86. The van der Waals surface area contributed by atoms with Gasteiger partial charge >= 0.3 is 0 Å². The van der Waals surface area contributed by atoms with Crippen LogP contribution in [0.3, 0.4) is 0 Å². The van der Waals surface area contributed by atoms with Gasteiger partial charge in [-0.3, -0.25) is 14.0 Å². The van der Waals surface area contributed by atoms with Gasteiger partial charge in [-0.15, -0.1) is 11.3 Å². The number of hydrogen-bond donors (Lipinski definition) is 1. The van der Waals surface area contributed by atoms with E-state index in [9.17, 15) is 9.59 Å². The van der Waals surface area contributed by atoms with Crippen molar-refractivity contribution in [3.63, 3.8) is 0 Å². The minimum atomic E-state index is -0.105. The van der Waals surface area contributed by atoms with Gasteiger partial charge in [0.05, 0.1) is 11.1 Å². The van der Waals surface area contributed by atoms with Crippen LogP contribution in [0.4, 0.5) is 0 Å². The van der Waals surface area contributed by atoms with Gasteiger partial charge in [0.2, 0.25) is 0 Å². The average molecular weight is 411 g/mol. The van der Waals surface area contributed by atoms with Gasteiger partial charge in [-0.05, 0) is 49.8 Å². The fraction of sp³-hybridized carbons (Fsp3) is 0.300. The first-order valence-electron chi connectivity index (χ1n) is 9.25. The molecule has 0 aliphatic heterocycles. The third kappa shape index (κ3) is 3.06. The van der Waals surface area contributed by atoms with Gasteiger partial charge in [0.15, 0.2) is 5.16 Å². The third-order valence-electron chi connectivity index (χ3n) is 5.02. The van der Waals surface area contributed by atoms with Crippen molar-refractivity contribution in [2.45, 2.75) is 43.5 Å². The Morgan fingerprint density at radius 3 is 2.96 bits per heavy atom. The molecule has 0 radical (unpaired) electrons. The van der Waals surface area contributed by atoms with Crippen LogP contribution in [0.15, 0.2) is 39.1 Å². The predicted octanol–water partition coefficient (Wildman–Crippen LogP) is 3.47. The maximum atomic E-state index is 12.6. The van der Waals surface area contributed by atoms with Gasteiger partial charge in [-0.2, -0.15) is 0 Å². The van der Waals surface area contributed by atoms with Crippen LogP contribution >= 0.6 is 23.1 Å². The van der Waals surface area contributed by atoms with Crippen LogP contribution in [0.5, 0.6) is 0 Å². The van der Waals surface area contributed by atoms with E-state index in [1.54, 1.807) is 28.0 Å². The first-order chi connectivity index (χ1) is 13.6. The van der Waals surface area contributed by atoms with Crippen molar-refractivity contribution in [1.82, 2.24) is 19.4 Å². The minimum Gasteiger partial charge on any atom is -0.301 e. The molecule has 0 bridgehead atoms. The van der Waals surface area contributed by atoms with E-state index in [1.165, 1.54) is 28.6 Å². The number of aromatic amines is 1. The van der Waals surface area contributed by atoms with Crippen LogP contribution in [0.2, 0.25) is 0 Å². The highest BCUT2D eigenvalue weighted by Crippen LogP contribution is 2.34. The van der Waals surface area contributed by atoms with E-state index in [0.29, 0.717) is 22.3 Å². The molecule has 4 aromatic rings. The van der Waals surface area contributed by atoms with Crippen LogP contribution in [-0.2, 0) is 18.6 Å². The number of pyridine rings is 1. The largest absolute Gasteiger partial charge is 0.301 e. The molecule has 0 aromatic carbocycles. The fourth-order valence-electron chi connectivity index (χ4n) is 3.69. The molecule has 6 nitrogen and oxygen atoms in total. The molecule has 4 aromatic heterocycles. The van der Waals surface area contributed by atoms with E-state index in [0.717, 1.165) is 35.0 Å². The molecule has 5 rings (SSSR count). The van der Waals surface area contributed by atoms with Crippen LogP contribution in [0.1, 0.15) is 34.5 Å². The standard InChI is InChI=1S/C20H18N4O2S2/c1-11-6-7-15-21-12(8-16(25)24(15)9-11)10-27-20-22-18(26)17-13-4-2-3-5-14(13)28-19(17)23-20/h6-9H,2-5,10H2,1H3,(H,22,23,26). The number of thiophene rings is 1. The molecular formula is C20H18N4O2S2. The first-order valence-corrected chi connectivity index (χ1v) is 11.0. The molecule has 0 unspecified atom stereocenters. The second-order valence-electron chi connectivity index (χ2n) is 7.07. The normalized spacial score (nSPS) is 13.9. The smallest absolute Gasteiger partial charge is 0.260 e. The van der Waals surface area contributed by atoms with E-state index in [2.05, 4.69) is 15.0 Å². The molecule has 0 saturated heterocycles. The second-order valence-corrected chi connectivity index (χ2v) is 9.12. The van der Waals surface area contributed by atoms with E-state index in [1.807, 2.05) is 19.1 Å². The molecular weight excluding hydrogens is 392 g/mol. The maximum Gasteiger partial charge on any atom is 0.260 e. The maximum absolute atomic E-state index is 12.6. The Balaban J connectivity index is 1.46. The molecule has 1 aliphatic carbocycles. The summed E-state index contributed by atoms with van der Waals surface area (Å²) in [6.07, 6.45) is 6.12. The predicted molar refractivity (Wildman–Crippen MR) is 113 cm³/mol. The summed E-state index contributed by atoms with van der Waals surface area (Å²) in [5, 5.41) is 1.34. The van der Waals surface area contributed by atoms with Gasteiger partial charge in [-0.1, -0.05) is 17.8 Å². The lowest BCUT2D eigenvalue weighted by Gasteiger charge is -2.09. The van der Waals surface area contributed by atoms with Gasteiger partial charge < -0.3 is 4.98 Å². The van der Waals surface area contributed by atoms with Crippen LogP contribution in [-0.4, -0.2) is 19.4 Å². The quantitative estimate of drug-likeness (QED) is 0.413. The summed E-state index contributed by atoms with van der Waals surface area (Å²) in [6, 6.07) is 5.32. The van der Waals surface area contributed by atoms with E-state index >= 15 is 0 Å². The highest BCUT2D eigenvalue weighted by atomic mass is 32.2. The van der Waals surface area contributed by atoms with E-state index in [4.69, 9.17) is 0 Å². The topological polar surface area (TPSA) is 80.1 Å². The van der Waals surface area contributed by atoms with Crippen LogP contribution in [0, 0.1) is 6.92 Å². The van der Waals surface area contributed by atoms with Crippen LogP contribution < -0.4 is 11.1 Å². The number of nitrogens with one attached hydrogen (secondary N) is 1. The van der Waals surface area contributed by atoms with Gasteiger partial charge in [0.25, 0.3) is 11.1 Å². The monoisotopic (exact) mass is 410 g/mol. The molecule has 0 saturated carbocycles. The Labute approximate surface area is 168 Å². The number of H-pyrrole nitrogens is 1. The number of fused-ring (bicyclic) bond motifs is 4. The zero-order valence-electron chi connectivity index (χ0n) is 15.3. The lowest BCUT2D eigenvalue weighted by Crippen LogP contribution is -2.15. The summed E-state index contributed by atoms with van der Waals surface area (Å²) in [5.41, 5.74) is 3.33. The molecule has 0 spiro atoms. The number of thioether (sulfide) groups is 1. The van der Waals surface area contributed by atoms with Crippen molar-refractivity contribution < 1.29 is 0 Å². The molecule has 4 heterocycles. The van der Waals surface area contributed by atoms with Crippen molar-refractivity contribution in [3.8, 4) is 0 Å². The lowest BCUT2D eigenvalue weighted by molar-refractivity contribution is 0.700. The highest BCUT2D eigenvalue weighted by Gasteiger charge is 2.19. The molecule has 0 amide bonds. The highest BCUT2D eigenvalue weighted by molar-refractivity contribution is 7.98. The zero-order chi connectivity index (χ0) is 19.3. The summed E-state index contributed by atoms with van der Waals surface area (Å²) in [5.74, 6) is 0.471. The molecule has 0 fully saturated rings. The molecule has 1 aliphatic rings. The summed E-state index contributed by atoms with van der Waals surface area (Å²) >= 11 is 3.04. The van der Waals surface area contributed by atoms with Gasteiger partial charge in [0.1, 0.15) is 10.5 Å². The molecule has 1 N–H and O–H groups in total. The van der Waals surface area contributed by atoms with Crippen molar-refractivity contribution in [2.75, 3.05) is 0 Å². The van der Waals surface area contributed by atoms with Crippen molar-refractivity contribution in [1.29, 1.82) is 0 Å². The Morgan fingerprint density at radius 2 is 2.07 bits per heavy atom. The number of aromatic nitrogens is 4. The van der Waals surface area contributed by atoms with Crippen molar-refractivity contribution in [3.05, 3.63) is 66.8 Å². The Kier molecular flexibility index (Phi) is 4.32. The van der Waals surface area contributed by atoms with Crippen LogP contribution in [0.25, 0.3) is 15.9 Å². The van der Waals surface area contributed by atoms with E-state index < -0.39 is 0 Å². The molecule has 142 valence electrons. The number of rotatable bonds is 3. The Morgan fingerprint density at radius 1 is 1.21 bits per heavy atom. The van der Waals surface area contributed by atoms with Crippen molar-refractivity contribution in [2.24, 2.45) is 0 Å². The number of aryl methyl sites for hydroxylation is 3. The lowest BCUT2D eigenvalue weighted by atomic mass is 9.97. The molecule has 8 heteroatoms. The Bertz CT molecular complexity index is 1340. The Hall–Kier alpha value is -2.45. The van der Waals surface area contributed by atoms with E-state index in [-0.39, 0.29) is 11.1 Å². The minimum absolute atomic E-state index is 0.0612. The summed E-state index contributed by atoms with van der Waals surface area (Å²) in [4.78, 5) is 39.2. The first kappa shape index (κ1) is 17.6. The van der Waals surface area contributed by atoms with Gasteiger partial charge in [0, 0.05) is 22.9 Å². The molecule has 0 atom stereocenters. The summed E-state index contributed by atoms with van der Waals surface area (Å²) < 4.78 is 1.55.